The maximum Gasteiger partial charge on any atom is 0.232 e. The van der Waals surface area contributed by atoms with Crippen molar-refractivity contribution in [3.05, 3.63) is 48.0 Å². The van der Waals surface area contributed by atoms with Gasteiger partial charge in [-0.3, -0.25) is 9.48 Å². The maximum atomic E-state index is 13.1. The van der Waals surface area contributed by atoms with Crippen LogP contribution in [0.2, 0.25) is 0 Å². The predicted molar refractivity (Wildman–Crippen MR) is 94.0 cm³/mol. The van der Waals surface area contributed by atoms with Gasteiger partial charge in [0.1, 0.15) is 5.82 Å². The van der Waals surface area contributed by atoms with Gasteiger partial charge in [0.25, 0.3) is 0 Å². The first-order chi connectivity index (χ1) is 11.1. The minimum absolute atomic E-state index is 0. The first kappa shape index (κ1) is 18.4. The van der Waals surface area contributed by atoms with Gasteiger partial charge in [0.05, 0.1) is 12.1 Å². The van der Waals surface area contributed by atoms with E-state index in [0.29, 0.717) is 13.1 Å². The van der Waals surface area contributed by atoms with E-state index >= 15 is 0 Å². The van der Waals surface area contributed by atoms with Crippen molar-refractivity contribution in [1.29, 1.82) is 0 Å². The summed E-state index contributed by atoms with van der Waals surface area (Å²) < 4.78 is 14.9. The lowest BCUT2D eigenvalue weighted by Gasteiger charge is -2.26. The molecule has 0 bridgehead atoms. The second-order valence-electron chi connectivity index (χ2n) is 5.88. The molecule has 0 unspecified atom stereocenters. The number of hydrogen-bond acceptors (Lipinski definition) is 3. The van der Waals surface area contributed by atoms with Gasteiger partial charge in [-0.2, -0.15) is 5.10 Å². The number of carbonyl (C=O) groups excluding carboxylic acids is 1. The molecule has 0 aliphatic carbocycles. The molecular formula is C17H22ClFN4O. The van der Waals surface area contributed by atoms with Crippen molar-refractivity contribution < 1.29 is 9.18 Å². The largest absolute Gasteiger partial charge is 0.315 e. The second kappa shape index (κ2) is 7.77. The van der Waals surface area contributed by atoms with Crippen LogP contribution in [0.4, 0.5) is 10.1 Å². The van der Waals surface area contributed by atoms with Crippen molar-refractivity contribution in [2.24, 2.45) is 13.0 Å². The highest BCUT2D eigenvalue weighted by Gasteiger charge is 2.37. The fourth-order valence-corrected chi connectivity index (χ4v) is 3.21. The number of carbonyl (C=O) groups is 1. The van der Waals surface area contributed by atoms with Crippen molar-refractivity contribution in [3.8, 4) is 0 Å². The Balaban J connectivity index is 0.00000208. The Kier molecular flexibility index (Phi) is 5.96. The first-order valence-corrected chi connectivity index (χ1v) is 7.86. The molecule has 3 rings (SSSR count). The number of amides is 1. The molecule has 2 aromatic rings. The van der Waals surface area contributed by atoms with Crippen molar-refractivity contribution >= 4 is 24.0 Å². The average molecular weight is 353 g/mol. The number of aryl methyl sites for hydroxylation is 1. The van der Waals surface area contributed by atoms with Crippen molar-refractivity contribution in [2.45, 2.75) is 12.8 Å². The molecule has 5 nitrogen and oxygen atoms in total. The number of nitrogens with one attached hydrogen (secondary N) is 1. The van der Waals surface area contributed by atoms with E-state index in [1.54, 1.807) is 21.7 Å². The molecule has 1 saturated heterocycles. The number of anilines is 1. The van der Waals surface area contributed by atoms with Gasteiger partial charge < -0.3 is 10.2 Å². The van der Waals surface area contributed by atoms with Crippen LogP contribution in [0.3, 0.4) is 0 Å². The number of nitrogens with zero attached hydrogens (tertiary/aromatic N) is 3. The summed E-state index contributed by atoms with van der Waals surface area (Å²) in [7, 11) is 1.87. The molecule has 24 heavy (non-hydrogen) atoms. The van der Waals surface area contributed by atoms with Crippen LogP contribution in [-0.2, 0) is 11.8 Å². The topological polar surface area (TPSA) is 50.2 Å². The van der Waals surface area contributed by atoms with E-state index in [9.17, 15) is 9.18 Å². The van der Waals surface area contributed by atoms with Gasteiger partial charge in [0, 0.05) is 44.5 Å². The third kappa shape index (κ3) is 3.60. The molecule has 1 aliphatic heterocycles. The molecule has 1 aromatic carbocycles. The molecule has 2 heterocycles. The minimum atomic E-state index is -0.298. The van der Waals surface area contributed by atoms with Crippen LogP contribution in [0, 0.1) is 11.7 Å². The molecule has 1 aliphatic rings. The van der Waals surface area contributed by atoms with Crippen LogP contribution >= 0.6 is 12.4 Å². The first-order valence-electron chi connectivity index (χ1n) is 7.86. The SMILES string of the molecule is CCN(C(=O)[C@H]1CNC[C@@H]1c1cnn(C)c1)c1ccc(F)cc1.Cl. The third-order valence-corrected chi connectivity index (χ3v) is 4.40. The summed E-state index contributed by atoms with van der Waals surface area (Å²) in [5, 5.41) is 7.52. The summed E-state index contributed by atoms with van der Waals surface area (Å²) in [5.41, 5.74) is 1.81. The van der Waals surface area contributed by atoms with E-state index in [0.717, 1.165) is 17.8 Å². The van der Waals surface area contributed by atoms with Crippen molar-refractivity contribution in [3.63, 3.8) is 0 Å². The van der Waals surface area contributed by atoms with E-state index < -0.39 is 0 Å². The minimum Gasteiger partial charge on any atom is -0.315 e. The fourth-order valence-electron chi connectivity index (χ4n) is 3.21. The highest BCUT2D eigenvalue weighted by Crippen LogP contribution is 2.30. The predicted octanol–water partition coefficient (Wildman–Crippen LogP) is 2.34. The zero-order valence-corrected chi connectivity index (χ0v) is 14.6. The van der Waals surface area contributed by atoms with Crippen LogP contribution < -0.4 is 10.2 Å². The Morgan fingerprint density at radius 1 is 1.38 bits per heavy atom. The molecule has 1 amide bonds. The summed E-state index contributed by atoms with van der Waals surface area (Å²) >= 11 is 0. The summed E-state index contributed by atoms with van der Waals surface area (Å²) in [6.45, 7) is 3.91. The molecule has 2 atom stereocenters. The van der Waals surface area contributed by atoms with E-state index in [4.69, 9.17) is 0 Å². The van der Waals surface area contributed by atoms with Crippen molar-refractivity contribution in [1.82, 2.24) is 15.1 Å². The fraction of sp³-hybridized carbons (Fsp3) is 0.412. The lowest BCUT2D eigenvalue weighted by molar-refractivity contribution is -0.122. The van der Waals surface area contributed by atoms with Gasteiger partial charge in [-0.25, -0.2) is 4.39 Å². The normalized spacial score (nSPS) is 19.8. The van der Waals surface area contributed by atoms with Crippen LogP contribution in [0.15, 0.2) is 36.7 Å². The maximum absolute atomic E-state index is 13.1. The molecule has 1 fully saturated rings. The second-order valence-corrected chi connectivity index (χ2v) is 5.88. The Bertz CT molecular complexity index is 688. The van der Waals surface area contributed by atoms with Gasteiger partial charge in [0.2, 0.25) is 5.91 Å². The molecule has 0 saturated carbocycles. The van der Waals surface area contributed by atoms with Crippen LogP contribution in [0.5, 0.6) is 0 Å². The number of halogens is 2. The van der Waals surface area contributed by atoms with E-state index in [1.165, 1.54) is 12.1 Å². The molecule has 0 radical (unpaired) electrons. The zero-order valence-electron chi connectivity index (χ0n) is 13.8. The summed E-state index contributed by atoms with van der Waals surface area (Å²) in [4.78, 5) is 14.7. The smallest absolute Gasteiger partial charge is 0.232 e. The average Bonchev–Trinajstić information content (AvgIpc) is 3.18. The Morgan fingerprint density at radius 2 is 2.08 bits per heavy atom. The van der Waals surface area contributed by atoms with Crippen LogP contribution in [0.1, 0.15) is 18.4 Å². The molecule has 1 N–H and O–H groups in total. The Hall–Kier alpha value is -1.92. The summed E-state index contributed by atoms with van der Waals surface area (Å²) in [5.74, 6) is -0.249. The molecule has 130 valence electrons. The van der Waals surface area contributed by atoms with Gasteiger partial charge in [0.15, 0.2) is 0 Å². The van der Waals surface area contributed by atoms with Crippen LogP contribution in [-0.4, -0.2) is 35.3 Å². The molecule has 1 aromatic heterocycles. The number of rotatable bonds is 4. The zero-order chi connectivity index (χ0) is 16.4. The quantitative estimate of drug-likeness (QED) is 0.918. The van der Waals surface area contributed by atoms with Crippen molar-refractivity contribution in [2.75, 3.05) is 24.5 Å². The molecule has 0 spiro atoms. The molecular weight excluding hydrogens is 331 g/mol. The summed E-state index contributed by atoms with van der Waals surface area (Å²) in [6.07, 6.45) is 3.79. The lowest BCUT2D eigenvalue weighted by atomic mass is 9.89. The van der Waals surface area contributed by atoms with E-state index in [2.05, 4.69) is 10.4 Å². The monoisotopic (exact) mass is 352 g/mol. The highest BCUT2D eigenvalue weighted by molar-refractivity contribution is 5.96. The number of hydrogen-bond donors (Lipinski definition) is 1. The Labute approximate surface area is 147 Å². The van der Waals surface area contributed by atoms with Gasteiger partial charge in [-0.05, 0) is 36.8 Å². The molecule has 7 heteroatoms. The van der Waals surface area contributed by atoms with Crippen LogP contribution in [0.25, 0.3) is 0 Å². The standard InChI is InChI=1S/C17H21FN4O.ClH/c1-3-22(14-6-4-13(18)5-7-14)17(23)16-10-19-9-15(16)12-8-20-21(2)11-12;/h4-8,11,15-16,19H,3,9-10H2,1-2H3;1H/t15-,16+;/m1./s1. The van der Waals surface area contributed by atoms with Gasteiger partial charge >= 0.3 is 0 Å². The number of aromatic nitrogens is 2. The van der Waals surface area contributed by atoms with Gasteiger partial charge in [-0.1, -0.05) is 0 Å². The summed E-state index contributed by atoms with van der Waals surface area (Å²) in [6, 6.07) is 6.07. The Morgan fingerprint density at radius 3 is 2.67 bits per heavy atom. The van der Waals surface area contributed by atoms with E-state index in [-0.39, 0.29) is 36.0 Å². The lowest BCUT2D eigenvalue weighted by Crippen LogP contribution is -2.38. The third-order valence-electron chi connectivity index (χ3n) is 4.40. The number of benzene rings is 1. The van der Waals surface area contributed by atoms with E-state index in [1.807, 2.05) is 26.4 Å². The van der Waals surface area contributed by atoms with Gasteiger partial charge in [-0.15, -0.1) is 12.4 Å². The highest BCUT2D eigenvalue weighted by atomic mass is 35.5.